The van der Waals surface area contributed by atoms with E-state index in [9.17, 15) is 9.90 Å². The molecule has 0 aliphatic heterocycles. The number of nitrogen functional groups attached to an aromatic ring is 1. The number of likely N-dealkylation sites (N-methyl/N-ethyl adjacent to an activating group) is 1. The molecule has 2 unspecified atom stereocenters. The van der Waals surface area contributed by atoms with E-state index in [1.54, 1.807) is 18.2 Å². The van der Waals surface area contributed by atoms with Crippen molar-refractivity contribution in [3.63, 3.8) is 0 Å². The summed E-state index contributed by atoms with van der Waals surface area (Å²) in [4.78, 5) is 13.2. The largest absolute Gasteiger partial charge is 0.397 e. The van der Waals surface area contributed by atoms with Crippen LogP contribution in [0.15, 0.2) is 18.2 Å². The molecule has 1 aromatic carbocycles. The van der Waals surface area contributed by atoms with E-state index < -0.39 is 5.91 Å². The number of primary amides is 1. The molecule has 1 fully saturated rings. The van der Waals surface area contributed by atoms with Crippen molar-refractivity contribution in [2.45, 2.75) is 37.8 Å². The minimum Gasteiger partial charge on any atom is -0.397 e. The monoisotopic (exact) mass is 263 g/mol. The van der Waals surface area contributed by atoms with E-state index in [-0.39, 0.29) is 12.1 Å². The van der Waals surface area contributed by atoms with Gasteiger partial charge in [-0.3, -0.25) is 4.79 Å². The standard InChI is InChI=1S/C14H21N3O2/c1-17(11-4-2-3-5-13(11)18)12-8-9(14(16)19)6-7-10(12)15/h6-8,11,13,18H,2-5,15H2,1H3,(H2,16,19). The van der Waals surface area contributed by atoms with Gasteiger partial charge in [0.05, 0.1) is 23.5 Å². The Kier molecular flexibility index (Phi) is 3.95. The first kappa shape index (κ1) is 13.7. The minimum atomic E-state index is -0.473. The lowest BCUT2D eigenvalue weighted by atomic mass is 9.91. The molecule has 1 aliphatic rings. The second kappa shape index (κ2) is 5.48. The maximum absolute atomic E-state index is 11.2. The van der Waals surface area contributed by atoms with E-state index in [2.05, 4.69) is 0 Å². The summed E-state index contributed by atoms with van der Waals surface area (Å²) in [6.07, 6.45) is 3.54. The molecule has 0 spiro atoms. The van der Waals surface area contributed by atoms with Crippen molar-refractivity contribution >= 4 is 17.3 Å². The number of aliphatic hydroxyl groups excluding tert-OH is 1. The molecule has 0 saturated heterocycles. The third-order valence-corrected chi connectivity index (χ3v) is 3.89. The van der Waals surface area contributed by atoms with Crippen LogP contribution in [0.4, 0.5) is 11.4 Å². The molecule has 5 nitrogen and oxygen atoms in total. The van der Waals surface area contributed by atoms with Crippen LogP contribution in [0.5, 0.6) is 0 Å². The number of carbonyl (C=O) groups is 1. The fraction of sp³-hybridized carbons (Fsp3) is 0.500. The number of carbonyl (C=O) groups excluding carboxylic acids is 1. The highest BCUT2D eigenvalue weighted by molar-refractivity contribution is 5.95. The first-order valence-corrected chi connectivity index (χ1v) is 6.61. The van der Waals surface area contributed by atoms with Crippen molar-refractivity contribution in [3.8, 4) is 0 Å². The Morgan fingerprint density at radius 3 is 2.68 bits per heavy atom. The highest BCUT2D eigenvalue weighted by atomic mass is 16.3. The smallest absolute Gasteiger partial charge is 0.248 e. The zero-order valence-electron chi connectivity index (χ0n) is 11.2. The topological polar surface area (TPSA) is 92.6 Å². The number of aliphatic hydroxyl groups is 1. The van der Waals surface area contributed by atoms with E-state index in [0.29, 0.717) is 11.3 Å². The Morgan fingerprint density at radius 2 is 2.05 bits per heavy atom. The molecule has 0 radical (unpaired) electrons. The van der Waals surface area contributed by atoms with Crippen LogP contribution in [0.3, 0.4) is 0 Å². The van der Waals surface area contributed by atoms with Gasteiger partial charge in [-0.25, -0.2) is 0 Å². The molecule has 0 heterocycles. The Morgan fingerprint density at radius 1 is 1.37 bits per heavy atom. The summed E-state index contributed by atoms with van der Waals surface area (Å²) >= 11 is 0. The molecular weight excluding hydrogens is 242 g/mol. The van der Waals surface area contributed by atoms with Gasteiger partial charge in [0.1, 0.15) is 0 Å². The number of rotatable bonds is 3. The lowest BCUT2D eigenvalue weighted by Crippen LogP contribution is -2.43. The predicted octanol–water partition coefficient (Wildman–Crippen LogP) is 1.11. The van der Waals surface area contributed by atoms with Crippen LogP contribution in [0.2, 0.25) is 0 Å². The third kappa shape index (κ3) is 2.81. The Labute approximate surface area is 113 Å². The number of benzene rings is 1. The first-order valence-electron chi connectivity index (χ1n) is 6.61. The predicted molar refractivity (Wildman–Crippen MR) is 76.0 cm³/mol. The molecule has 104 valence electrons. The van der Waals surface area contributed by atoms with Crippen LogP contribution >= 0.6 is 0 Å². The van der Waals surface area contributed by atoms with Crippen molar-refractivity contribution in [2.24, 2.45) is 5.73 Å². The zero-order valence-corrected chi connectivity index (χ0v) is 11.2. The molecule has 5 N–H and O–H groups in total. The lowest BCUT2D eigenvalue weighted by molar-refractivity contribution is 0.100. The number of hydrogen-bond donors (Lipinski definition) is 3. The van der Waals surface area contributed by atoms with Crippen LogP contribution in [0.25, 0.3) is 0 Å². The average molecular weight is 263 g/mol. The van der Waals surface area contributed by atoms with Crippen LogP contribution in [0.1, 0.15) is 36.0 Å². The SMILES string of the molecule is CN(c1cc(C(N)=O)ccc1N)C1CCCCC1O. The van der Waals surface area contributed by atoms with E-state index in [0.717, 1.165) is 31.4 Å². The third-order valence-electron chi connectivity index (χ3n) is 3.89. The minimum absolute atomic E-state index is 0.0409. The summed E-state index contributed by atoms with van der Waals surface area (Å²) in [6, 6.07) is 5.03. The first-order chi connectivity index (χ1) is 9.00. The number of nitrogens with two attached hydrogens (primary N) is 2. The highest BCUT2D eigenvalue weighted by Crippen LogP contribution is 2.30. The highest BCUT2D eigenvalue weighted by Gasteiger charge is 2.27. The van der Waals surface area contributed by atoms with Gasteiger partial charge < -0.3 is 21.5 Å². The molecule has 0 bridgehead atoms. The normalized spacial score (nSPS) is 23.1. The van der Waals surface area contributed by atoms with Gasteiger partial charge in [-0.1, -0.05) is 12.8 Å². The second-order valence-corrected chi connectivity index (χ2v) is 5.17. The second-order valence-electron chi connectivity index (χ2n) is 5.17. The summed E-state index contributed by atoms with van der Waals surface area (Å²) in [5.41, 5.74) is 13.0. The fourth-order valence-corrected chi connectivity index (χ4v) is 2.72. The summed E-state index contributed by atoms with van der Waals surface area (Å²) in [5, 5.41) is 10.1. The van der Waals surface area contributed by atoms with Crippen LogP contribution < -0.4 is 16.4 Å². The maximum atomic E-state index is 11.2. The van der Waals surface area contributed by atoms with Gasteiger partial charge in [0.15, 0.2) is 0 Å². The van der Waals surface area contributed by atoms with Crippen molar-refractivity contribution in [3.05, 3.63) is 23.8 Å². The number of amides is 1. The maximum Gasteiger partial charge on any atom is 0.248 e. The molecular formula is C14H21N3O2. The van der Waals surface area contributed by atoms with Crippen molar-refractivity contribution < 1.29 is 9.90 Å². The van der Waals surface area contributed by atoms with E-state index in [1.807, 2.05) is 11.9 Å². The summed E-state index contributed by atoms with van der Waals surface area (Å²) in [5.74, 6) is -0.473. The van der Waals surface area contributed by atoms with E-state index >= 15 is 0 Å². The quantitative estimate of drug-likeness (QED) is 0.712. The van der Waals surface area contributed by atoms with Gasteiger partial charge in [-0.15, -0.1) is 0 Å². The Hall–Kier alpha value is -1.75. The molecule has 1 saturated carbocycles. The van der Waals surface area contributed by atoms with Gasteiger partial charge in [0, 0.05) is 12.6 Å². The van der Waals surface area contributed by atoms with Gasteiger partial charge in [-0.05, 0) is 31.0 Å². The molecule has 19 heavy (non-hydrogen) atoms. The van der Waals surface area contributed by atoms with Crippen LogP contribution in [-0.2, 0) is 0 Å². The van der Waals surface area contributed by atoms with E-state index in [1.165, 1.54) is 0 Å². The summed E-state index contributed by atoms with van der Waals surface area (Å²) < 4.78 is 0. The summed E-state index contributed by atoms with van der Waals surface area (Å²) in [6.45, 7) is 0. The Bertz CT molecular complexity index is 476. The summed E-state index contributed by atoms with van der Waals surface area (Å²) in [7, 11) is 1.90. The van der Waals surface area contributed by atoms with Crippen molar-refractivity contribution in [2.75, 3.05) is 17.7 Å². The Balaban J connectivity index is 2.29. The fourth-order valence-electron chi connectivity index (χ4n) is 2.72. The molecule has 2 rings (SSSR count). The lowest BCUT2D eigenvalue weighted by Gasteiger charge is -2.37. The molecule has 1 aromatic rings. The van der Waals surface area contributed by atoms with Crippen LogP contribution in [0, 0.1) is 0 Å². The molecule has 1 aliphatic carbocycles. The number of hydrogen-bond acceptors (Lipinski definition) is 4. The van der Waals surface area contributed by atoms with Crippen LogP contribution in [-0.4, -0.2) is 30.2 Å². The molecule has 2 atom stereocenters. The molecule has 5 heteroatoms. The van der Waals surface area contributed by atoms with Crippen molar-refractivity contribution in [1.82, 2.24) is 0 Å². The van der Waals surface area contributed by atoms with Gasteiger partial charge in [0.25, 0.3) is 0 Å². The van der Waals surface area contributed by atoms with Crippen molar-refractivity contribution in [1.29, 1.82) is 0 Å². The van der Waals surface area contributed by atoms with Gasteiger partial charge >= 0.3 is 0 Å². The zero-order chi connectivity index (χ0) is 14.0. The van der Waals surface area contributed by atoms with E-state index in [4.69, 9.17) is 11.5 Å². The number of anilines is 2. The van der Waals surface area contributed by atoms with Gasteiger partial charge in [-0.2, -0.15) is 0 Å². The average Bonchev–Trinajstić information content (AvgIpc) is 2.38. The molecule has 1 amide bonds. The molecule has 0 aromatic heterocycles. The van der Waals surface area contributed by atoms with Gasteiger partial charge in [0.2, 0.25) is 5.91 Å². The number of nitrogens with zero attached hydrogens (tertiary/aromatic N) is 1.